The molecule has 1 unspecified atom stereocenters. The summed E-state index contributed by atoms with van der Waals surface area (Å²) in [4.78, 5) is 31.6. The van der Waals surface area contributed by atoms with Gasteiger partial charge in [-0.2, -0.15) is 0 Å². The van der Waals surface area contributed by atoms with Crippen LogP contribution in [0.25, 0.3) is 11.4 Å². The Hall–Kier alpha value is -2.28. The summed E-state index contributed by atoms with van der Waals surface area (Å²) < 4.78 is 7.42. The van der Waals surface area contributed by atoms with Crippen LogP contribution in [0, 0.1) is 11.3 Å². The number of aromatic nitrogens is 3. The van der Waals surface area contributed by atoms with Gasteiger partial charge >= 0.3 is 5.97 Å². The van der Waals surface area contributed by atoms with Crippen LogP contribution in [0.3, 0.4) is 0 Å². The van der Waals surface area contributed by atoms with Crippen LogP contribution in [0.4, 0.5) is 5.82 Å². The van der Waals surface area contributed by atoms with Crippen molar-refractivity contribution in [3.63, 3.8) is 0 Å². The molecule has 1 saturated heterocycles. The second-order valence-corrected chi connectivity index (χ2v) is 8.84. The van der Waals surface area contributed by atoms with E-state index < -0.39 is 41.8 Å². The number of carbonyl (C=O) groups excluding carboxylic acids is 1. The van der Waals surface area contributed by atoms with Crippen molar-refractivity contribution in [1.82, 2.24) is 14.5 Å². The number of halogens is 1. The van der Waals surface area contributed by atoms with Gasteiger partial charge in [0, 0.05) is 0 Å². The fourth-order valence-corrected chi connectivity index (χ4v) is 4.07. The molecule has 3 rings (SSSR count). The Morgan fingerprint density at radius 3 is 2.57 bits per heavy atom. The van der Waals surface area contributed by atoms with Crippen molar-refractivity contribution in [1.29, 1.82) is 0 Å². The number of aliphatic hydroxyl groups is 2. The summed E-state index contributed by atoms with van der Waals surface area (Å²) in [6.45, 7) is 4.93. The molecule has 0 aromatic heterocycles. The first-order valence-corrected chi connectivity index (χ1v) is 10.0. The van der Waals surface area contributed by atoms with E-state index in [4.69, 9.17) is 16.2 Å². The molecule has 0 aromatic rings. The molecule has 0 saturated carbocycles. The number of carboxylic acids is 1. The summed E-state index contributed by atoms with van der Waals surface area (Å²) in [6.07, 6.45) is -3.03. The lowest BCUT2D eigenvalue weighted by molar-refractivity contribution is -0.151. The minimum absolute atomic E-state index is 0.0228. The lowest BCUT2D eigenvalue weighted by Gasteiger charge is -2.30. The number of nitrogens with zero attached hydrogens (tertiary/aromatic N) is 3. The summed E-state index contributed by atoms with van der Waals surface area (Å²) in [5.41, 5.74) is 10.5. The molecule has 3 heterocycles. The summed E-state index contributed by atoms with van der Waals surface area (Å²) in [5, 5.41) is 30.6. The third-order valence-corrected chi connectivity index (χ3v) is 6.51. The number of primary amides is 1. The molecular formula is C18H24BrN5O6. The van der Waals surface area contributed by atoms with Crippen LogP contribution in [-0.2, 0) is 9.53 Å². The van der Waals surface area contributed by atoms with E-state index in [1.807, 2.05) is 0 Å². The predicted octanol–water partition coefficient (Wildman–Crippen LogP) is 0.583. The number of rotatable bonds is 6. The first-order chi connectivity index (χ1) is 13.9. The number of ether oxygens (including phenoxy) is 1. The molecule has 12 heteroatoms. The molecule has 30 heavy (non-hydrogen) atoms. The number of nitrogen functional groups attached to an aromatic ring is 1. The highest BCUT2D eigenvalue weighted by Gasteiger charge is 2.47. The molecule has 1 fully saturated rings. The zero-order chi connectivity index (χ0) is 22.5. The minimum atomic E-state index is -1.35. The fraction of sp³-hybridized carbons (Fsp3) is 0.556. The van der Waals surface area contributed by atoms with Crippen LogP contribution in [-0.4, -0.2) is 60.0 Å². The average Bonchev–Trinajstić information content (AvgIpc) is 3.14. The summed E-state index contributed by atoms with van der Waals surface area (Å²) in [5.74, 6) is -1.87. The number of hydrogen-bond acceptors (Lipinski definition) is 8. The largest absolute Gasteiger partial charge is 0.481 e. The number of carboxylic acid groups (broad SMARTS) is 1. The summed E-state index contributed by atoms with van der Waals surface area (Å²) in [6, 6.07) is 0. The summed E-state index contributed by atoms with van der Waals surface area (Å²) >= 11 is 3.18. The maximum Gasteiger partial charge on any atom is 0.309 e. The van der Waals surface area contributed by atoms with Crippen molar-refractivity contribution >= 4 is 33.6 Å². The Kier molecular flexibility index (Phi) is 5.80. The van der Waals surface area contributed by atoms with Gasteiger partial charge in [0.1, 0.15) is 34.8 Å². The highest BCUT2D eigenvalue weighted by Crippen LogP contribution is 2.41. The first-order valence-electron chi connectivity index (χ1n) is 9.24. The first kappa shape index (κ1) is 22.4. The number of aliphatic hydroxyl groups excluding tert-OH is 2. The van der Waals surface area contributed by atoms with E-state index in [1.165, 1.54) is 10.9 Å². The zero-order valence-corrected chi connectivity index (χ0v) is 18.2. The Morgan fingerprint density at radius 1 is 1.37 bits per heavy atom. The van der Waals surface area contributed by atoms with Crippen LogP contribution < -0.4 is 11.5 Å². The molecule has 3 aliphatic heterocycles. The van der Waals surface area contributed by atoms with Crippen molar-refractivity contribution in [3.8, 4) is 11.4 Å². The Bertz CT molecular complexity index is 963. The van der Waals surface area contributed by atoms with Crippen LogP contribution >= 0.6 is 15.9 Å². The Labute approximate surface area is 180 Å². The van der Waals surface area contributed by atoms with E-state index in [-0.39, 0.29) is 39.7 Å². The SMILES string of the molecule is CC(C[C@@H]1O[C@H](n2cnc(N)c3c(C(N)=O)c(Br)nc2-3)[C@@H](O)[C@@H]1O)C(C)(C)C(=O)O. The molecule has 3 aliphatic rings. The Morgan fingerprint density at radius 2 is 2.00 bits per heavy atom. The van der Waals surface area contributed by atoms with Gasteiger partial charge < -0.3 is 31.5 Å². The van der Waals surface area contributed by atoms with E-state index >= 15 is 0 Å². The summed E-state index contributed by atoms with van der Waals surface area (Å²) in [7, 11) is 0. The number of aliphatic carboxylic acids is 1. The topological polar surface area (TPSA) is 187 Å². The van der Waals surface area contributed by atoms with E-state index in [0.29, 0.717) is 0 Å². The van der Waals surface area contributed by atoms with Gasteiger partial charge in [0.2, 0.25) is 0 Å². The molecule has 1 amide bonds. The molecule has 0 aliphatic carbocycles. The lowest BCUT2D eigenvalue weighted by atomic mass is 9.76. The van der Waals surface area contributed by atoms with Gasteiger partial charge in [-0.25, -0.2) is 9.97 Å². The molecular weight excluding hydrogens is 462 g/mol. The molecule has 7 N–H and O–H groups in total. The molecule has 0 spiro atoms. The monoisotopic (exact) mass is 485 g/mol. The maximum atomic E-state index is 11.8. The van der Waals surface area contributed by atoms with Crippen molar-refractivity contribution in [2.75, 3.05) is 5.73 Å². The smallest absolute Gasteiger partial charge is 0.309 e. The van der Waals surface area contributed by atoms with E-state index in [1.54, 1.807) is 20.8 Å². The van der Waals surface area contributed by atoms with Gasteiger partial charge in [-0.3, -0.25) is 14.2 Å². The minimum Gasteiger partial charge on any atom is -0.481 e. The van der Waals surface area contributed by atoms with Gasteiger partial charge in [0.05, 0.1) is 22.6 Å². The highest BCUT2D eigenvalue weighted by atomic mass is 79.9. The molecule has 0 radical (unpaired) electrons. The lowest BCUT2D eigenvalue weighted by Crippen LogP contribution is -2.37. The number of nitrogens with two attached hydrogens (primary N) is 2. The highest BCUT2D eigenvalue weighted by molar-refractivity contribution is 9.10. The Balaban J connectivity index is 1.94. The van der Waals surface area contributed by atoms with Crippen molar-refractivity contribution in [2.45, 2.75) is 51.7 Å². The van der Waals surface area contributed by atoms with Crippen molar-refractivity contribution < 1.29 is 29.6 Å². The van der Waals surface area contributed by atoms with Gasteiger partial charge in [-0.05, 0) is 42.1 Å². The number of hydrogen-bond donors (Lipinski definition) is 5. The van der Waals surface area contributed by atoms with Crippen LogP contribution in [0.15, 0.2) is 10.9 Å². The third kappa shape index (κ3) is 3.53. The van der Waals surface area contributed by atoms with Gasteiger partial charge in [0.25, 0.3) is 5.91 Å². The average molecular weight is 486 g/mol. The number of anilines is 1. The maximum absolute atomic E-state index is 11.8. The van der Waals surface area contributed by atoms with Crippen molar-refractivity contribution in [3.05, 3.63) is 16.5 Å². The second-order valence-electron chi connectivity index (χ2n) is 8.09. The van der Waals surface area contributed by atoms with Crippen molar-refractivity contribution in [2.24, 2.45) is 17.1 Å². The van der Waals surface area contributed by atoms with E-state index in [2.05, 4.69) is 25.9 Å². The van der Waals surface area contributed by atoms with Gasteiger partial charge in [-0.15, -0.1) is 0 Å². The van der Waals surface area contributed by atoms with E-state index in [9.17, 15) is 24.9 Å². The molecule has 164 valence electrons. The number of fused-ring (bicyclic) bond motifs is 1. The fourth-order valence-electron chi connectivity index (χ4n) is 3.51. The molecule has 0 aromatic carbocycles. The molecule has 5 atom stereocenters. The second kappa shape index (κ2) is 7.76. The quantitative estimate of drug-likeness (QED) is 0.389. The predicted molar refractivity (Wildman–Crippen MR) is 108 cm³/mol. The zero-order valence-electron chi connectivity index (χ0n) is 16.6. The van der Waals surface area contributed by atoms with Crippen LogP contribution in [0.5, 0.6) is 0 Å². The molecule has 0 bridgehead atoms. The third-order valence-electron chi connectivity index (χ3n) is 5.93. The number of amides is 1. The standard InChI is InChI=1S/C18H24BrN5O6/c1-6(18(2,3)17(28)29)4-7-10(25)11(26)16(30-7)24-5-22-13(20)9-8(14(21)27)12(19)23-15(9)24/h5-7,10-11,16,25-26H,4,20H2,1-3H3,(H2,21,27)(H,28,29)/t6?,7-,10+,11-,16-/m0/s1. The van der Waals surface area contributed by atoms with Gasteiger partial charge in [-0.1, -0.05) is 6.92 Å². The normalized spacial score (nSPS) is 25.5. The van der Waals surface area contributed by atoms with Crippen LogP contribution in [0.1, 0.15) is 43.8 Å². The van der Waals surface area contributed by atoms with Crippen LogP contribution in [0.2, 0.25) is 0 Å². The number of carbonyl (C=O) groups is 2. The van der Waals surface area contributed by atoms with Gasteiger partial charge in [0.15, 0.2) is 6.23 Å². The van der Waals surface area contributed by atoms with E-state index in [0.717, 1.165) is 0 Å². The molecule has 11 nitrogen and oxygen atoms in total.